The summed E-state index contributed by atoms with van der Waals surface area (Å²) in [6.07, 6.45) is 1.75. The highest BCUT2D eigenvalue weighted by Gasteiger charge is 2.25. The fourth-order valence-electron chi connectivity index (χ4n) is 3.52. The number of rotatable bonds is 4. The molecule has 1 aromatic heterocycles. The topological polar surface area (TPSA) is 51.5 Å². The zero-order chi connectivity index (χ0) is 22.9. The lowest BCUT2D eigenvalue weighted by Crippen LogP contribution is -2.05. The Balaban J connectivity index is 1.60. The molecule has 6 heteroatoms. The Bertz CT molecular complexity index is 1440. The van der Waals surface area contributed by atoms with Crippen molar-refractivity contribution in [2.75, 3.05) is 0 Å². The average Bonchev–Trinajstić information content (AvgIpc) is 3.17. The molecule has 0 bridgehead atoms. The standard InChI is InChI=1S/C27H19ClN2O2S/c1-16-6-8-18(9-7-16)25-29-23(27(31)32-25)15-20-14-19-5-3-4-17(2)24(19)30-26(20)33-22-12-10-21(28)11-13-22/h3-15H,1-2H3/b23-15+. The molecule has 0 spiro atoms. The molecule has 0 N–H and O–H groups in total. The summed E-state index contributed by atoms with van der Waals surface area (Å²) in [5.41, 5.74) is 4.95. The first-order chi connectivity index (χ1) is 16.0. The summed E-state index contributed by atoms with van der Waals surface area (Å²) >= 11 is 7.56. The van der Waals surface area contributed by atoms with Gasteiger partial charge in [-0.2, -0.15) is 0 Å². The van der Waals surface area contributed by atoms with E-state index in [1.165, 1.54) is 11.8 Å². The molecule has 4 nitrogen and oxygen atoms in total. The Morgan fingerprint density at radius 3 is 2.48 bits per heavy atom. The third-order valence-electron chi connectivity index (χ3n) is 5.28. The molecule has 0 saturated heterocycles. The first kappa shape index (κ1) is 21.4. The average molecular weight is 471 g/mol. The van der Waals surface area contributed by atoms with Crippen LogP contribution in [0.1, 0.15) is 22.3 Å². The second-order valence-electron chi connectivity index (χ2n) is 7.79. The number of carbonyl (C=O) groups excluding carboxylic acids is 1. The van der Waals surface area contributed by atoms with Gasteiger partial charge >= 0.3 is 5.97 Å². The van der Waals surface area contributed by atoms with Crippen LogP contribution in [-0.2, 0) is 9.53 Å². The van der Waals surface area contributed by atoms with Gasteiger partial charge in [-0.3, -0.25) is 0 Å². The van der Waals surface area contributed by atoms with Crippen LogP contribution in [0.2, 0.25) is 5.02 Å². The largest absolute Gasteiger partial charge is 0.402 e. The summed E-state index contributed by atoms with van der Waals surface area (Å²) in [6.45, 7) is 4.04. The van der Waals surface area contributed by atoms with E-state index in [1.54, 1.807) is 6.08 Å². The Morgan fingerprint density at radius 2 is 1.73 bits per heavy atom. The second kappa shape index (κ2) is 8.85. The maximum atomic E-state index is 12.6. The number of esters is 1. The summed E-state index contributed by atoms with van der Waals surface area (Å²) in [4.78, 5) is 23.0. The second-order valence-corrected chi connectivity index (χ2v) is 9.29. The number of halogens is 1. The van der Waals surface area contributed by atoms with Crippen LogP contribution in [-0.4, -0.2) is 16.9 Å². The molecule has 1 aliphatic heterocycles. The highest BCUT2D eigenvalue weighted by atomic mass is 35.5. The van der Waals surface area contributed by atoms with Gasteiger partial charge in [0.2, 0.25) is 5.90 Å². The number of pyridine rings is 1. The number of nitrogens with zero attached hydrogens (tertiary/aromatic N) is 2. The van der Waals surface area contributed by atoms with E-state index in [4.69, 9.17) is 21.3 Å². The molecule has 3 aromatic carbocycles. The van der Waals surface area contributed by atoms with Crippen LogP contribution in [0.15, 0.2) is 93.4 Å². The summed E-state index contributed by atoms with van der Waals surface area (Å²) < 4.78 is 5.45. The smallest absolute Gasteiger partial charge is 0.363 e. The summed E-state index contributed by atoms with van der Waals surface area (Å²) in [6, 6.07) is 23.4. The van der Waals surface area contributed by atoms with E-state index >= 15 is 0 Å². The lowest BCUT2D eigenvalue weighted by atomic mass is 10.1. The minimum Gasteiger partial charge on any atom is -0.402 e. The van der Waals surface area contributed by atoms with Gasteiger partial charge in [-0.05, 0) is 68.0 Å². The predicted octanol–water partition coefficient (Wildman–Crippen LogP) is 7.00. The van der Waals surface area contributed by atoms with Gasteiger partial charge in [-0.25, -0.2) is 14.8 Å². The third-order valence-corrected chi connectivity index (χ3v) is 6.56. The molecule has 0 saturated carbocycles. The van der Waals surface area contributed by atoms with Crippen molar-refractivity contribution in [3.05, 3.63) is 106 Å². The molecule has 5 rings (SSSR count). The molecule has 0 atom stereocenters. The molecular weight excluding hydrogens is 452 g/mol. The van der Waals surface area contributed by atoms with Gasteiger partial charge < -0.3 is 4.74 Å². The van der Waals surface area contributed by atoms with Crippen LogP contribution in [0, 0.1) is 13.8 Å². The highest BCUT2D eigenvalue weighted by molar-refractivity contribution is 7.99. The van der Waals surface area contributed by atoms with Crippen molar-refractivity contribution in [3.63, 3.8) is 0 Å². The summed E-state index contributed by atoms with van der Waals surface area (Å²) in [5, 5.41) is 2.45. The first-order valence-electron chi connectivity index (χ1n) is 10.4. The number of ether oxygens (including phenoxy) is 1. The van der Waals surface area contributed by atoms with Crippen LogP contribution in [0.5, 0.6) is 0 Å². The normalized spacial score (nSPS) is 14.6. The Kier molecular flexibility index (Phi) is 5.75. The van der Waals surface area contributed by atoms with Crippen LogP contribution in [0.4, 0.5) is 0 Å². The van der Waals surface area contributed by atoms with Crippen molar-refractivity contribution >= 4 is 52.2 Å². The van der Waals surface area contributed by atoms with E-state index < -0.39 is 5.97 Å². The van der Waals surface area contributed by atoms with E-state index in [0.717, 1.165) is 43.1 Å². The lowest BCUT2D eigenvalue weighted by molar-refractivity contribution is -0.129. The van der Waals surface area contributed by atoms with Gasteiger partial charge in [-0.15, -0.1) is 0 Å². The van der Waals surface area contributed by atoms with E-state index in [0.29, 0.717) is 10.9 Å². The molecular formula is C27H19ClN2O2S. The van der Waals surface area contributed by atoms with Crippen molar-refractivity contribution in [3.8, 4) is 0 Å². The SMILES string of the molecule is Cc1ccc(C2=N/C(=C/c3cc4cccc(C)c4nc3Sc3ccc(Cl)cc3)C(=O)O2)cc1. The Morgan fingerprint density at radius 1 is 0.970 bits per heavy atom. The highest BCUT2D eigenvalue weighted by Crippen LogP contribution is 2.34. The van der Waals surface area contributed by atoms with Gasteiger partial charge in [0.15, 0.2) is 5.70 Å². The number of para-hydroxylation sites is 1. The number of hydrogen-bond acceptors (Lipinski definition) is 5. The van der Waals surface area contributed by atoms with E-state index in [2.05, 4.69) is 4.99 Å². The molecule has 2 heterocycles. The zero-order valence-electron chi connectivity index (χ0n) is 18.0. The monoisotopic (exact) mass is 470 g/mol. The number of aliphatic imine (C=N–C) groups is 1. The lowest BCUT2D eigenvalue weighted by Gasteiger charge is -2.09. The summed E-state index contributed by atoms with van der Waals surface area (Å²) in [5.74, 6) is -0.167. The van der Waals surface area contributed by atoms with Crippen molar-refractivity contribution in [2.45, 2.75) is 23.8 Å². The van der Waals surface area contributed by atoms with Crippen LogP contribution < -0.4 is 0 Å². The van der Waals surface area contributed by atoms with Gasteiger partial charge in [-0.1, -0.05) is 59.3 Å². The van der Waals surface area contributed by atoms with Crippen molar-refractivity contribution in [2.24, 2.45) is 4.99 Å². The molecule has 0 amide bonds. The summed E-state index contributed by atoms with van der Waals surface area (Å²) in [7, 11) is 0. The van der Waals surface area contributed by atoms with Crippen molar-refractivity contribution in [1.82, 2.24) is 4.98 Å². The Hall–Kier alpha value is -3.41. The number of cyclic esters (lactones) is 1. The molecule has 1 aliphatic rings. The molecule has 0 aliphatic carbocycles. The van der Waals surface area contributed by atoms with Crippen molar-refractivity contribution in [1.29, 1.82) is 0 Å². The van der Waals surface area contributed by atoms with Gasteiger partial charge in [0.05, 0.1) is 5.52 Å². The third kappa shape index (κ3) is 4.56. The Labute approximate surface area is 201 Å². The number of hydrogen-bond donors (Lipinski definition) is 0. The number of benzene rings is 3. The molecule has 4 aromatic rings. The number of aryl methyl sites for hydroxylation is 2. The minimum atomic E-state index is -0.475. The predicted molar refractivity (Wildman–Crippen MR) is 134 cm³/mol. The van der Waals surface area contributed by atoms with E-state index in [-0.39, 0.29) is 5.70 Å². The van der Waals surface area contributed by atoms with Gasteiger partial charge in [0.25, 0.3) is 0 Å². The van der Waals surface area contributed by atoms with E-state index in [1.807, 2.05) is 86.6 Å². The fourth-order valence-corrected chi connectivity index (χ4v) is 4.52. The maximum absolute atomic E-state index is 12.6. The van der Waals surface area contributed by atoms with E-state index in [9.17, 15) is 4.79 Å². The molecule has 0 unspecified atom stereocenters. The molecule has 33 heavy (non-hydrogen) atoms. The zero-order valence-corrected chi connectivity index (χ0v) is 19.6. The quantitative estimate of drug-likeness (QED) is 0.238. The number of carbonyl (C=O) groups is 1. The van der Waals surface area contributed by atoms with Crippen LogP contribution >= 0.6 is 23.4 Å². The molecule has 0 radical (unpaired) electrons. The van der Waals surface area contributed by atoms with Crippen LogP contribution in [0.25, 0.3) is 17.0 Å². The minimum absolute atomic E-state index is 0.248. The number of aromatic nitrogens is 1. The fraction of sp³-hybridized carbons (Fsp3) is 0.0741. The van der Waals surface area contributed by atoms with Crippen molar-refractivity contribution < 1.29 is 9.53 Å². The first-order valence-corrected chi connectivity index (χ1v) is 11.6. The van der Waals surface area contributed by atoms with Gasteiger partial charge in [0.1, 0.15) is 5.03 Å². The maximum Gasteiger partial charge on any atom is 0.363 e. The molecule has 0 fully saturated rings. The van der Waals surface area contributed by atoms with Crippen LogP contribution in [0.3, 0.4) is 0 Å². The molecule has 162 valence electrons. The van der Waals surface area contributed by atoms with Gasteiger partial charge in [0, 0.05) is 26.4 Å². The number of fused-ring (bicyclic) bond motifs is 1.